The molecule has 1 aliphatic rings. The first kappa shape index (κ1) is 12.0. The zero-order valence-electron chi connectivity index (χ0n) is 9.84. The molecule has 14 heavy (non-hydrogen) atoms. The van der Waals surface area contributed by atoms with Crippen LogP contribution in [-0.2, 0) is 0 Å². The normalized spacial score (nSPS) is 20.4. The van der Waals surface area contributed by atoms with E-state index in [1.807, 2.05) is 0 Å². The minimum atomic E-state index is 0.654. The molecule has 0 spiro atoms. The monoisotopic (exact) mass is 198 g/mol. The molecule has 0 aromatic carbocycles. The summed E-state index contributed by atoms with van der Waals surface area (Å²) in [6.07, 6.45) is 8.48. The van der Waals surface area contributed by atoms with Crippen LogP contribution in [0.5, 0.6) is 0 Å². The Hall–Kier alpha value is -0.0800. The number of rotatable bonds is 4. The first-order valence-electron chi connectivity index (χ1n) is 6.21. The second-order valence-electron chi connectivity index (χ2n) is 4.77. The van der Waals surface area contributed by atoms with Gasteiger partial charge in [-0.2, -0.15) is 0 Å². The number of hydrogen-bond donors (Lipinski definition) is 1. The van der Waals surface area contributed by atoms with Crippen LogP contribution in [0.4, 0.5) is 0 Å². The van der Waals surface area contributed by atoms with Gasteiger partial charge in [0.15, 0.2) is 0 Å². The predicted molar refractivity (Wildman–Crippen MR) is 62.4 cm³/mol. The van der Waals surface area contributed by atoms with Crippen LogP contribution in [0.1, 0.15) is 52.4 Å². The maximum atomic E-state index is 5.67. The molecule has 0 atom stereocenters. The molecule has 2 heteroatoms. The molecule has 0 aromatic rings. The molecule has 1 aliphatic carbocycles. The fraction of sp³-hybridized carbons (Fsp3) is 1.00. The Morgan fingerprint density at radius 2 is 1.71 bits per heavy atom. The van der Waals surface area contributed by atoms with Gasteiger partial charge in [0.05, 0.1) is 0 Å². The van der Waals surface area contributed by atoms with Gasteiger partial charge in [-0.1, -0.05) is 25.7 Å². The summed E-state index contributed by atoms with van der Waals surface area (Å²) < 4.78 is 0. The summed E-state index contributed by atoms with van der Waals surface area (Å²) in [6.45, 7) is 6.46. The summed E-state index contributed by atoms with van der Waals surface area (Å²) in [5, 5.41) is 0. The van der Waals surface area contributed by atoms with E-state index < -0.39 is 0 Å². The highest BCUT2D eigenvalue weighted by Crippen LogP contribution is 2.22. The summed E-state index contributed by atoms with van der Waals surface area (Å²) in [7, 11) is 0. The lowest BCUT2D eigenvalue weighted by Gasteiger charge is -2.34. The molecule has 0 unspecified atom stereocenters. The van der Waals surface area contributed by atoms with Gasteiger partial charge in [-0.05, 0) is 26.7 Å². The standard InChI is InChI=1S/C12H26N2/c1-11(2)14(10-9-13)12-7-5-3-4-6-8-12/h11-12H,3-10,13H2,1-2H3. The van der Waals surface area contributed by atoms with Crippen LogP contribution in [0.3, 0.4) is 0 Å². The van der Waals surface area contributed by atoms with Crippen LogP contribution in [0, 0.1) is 0 Å². The third-order valence-electron chi connectivity index (χ3n) is 3.34. The molecule has 1 saturated carbocycles. The average Bonchev–Trinajstić information content (AvgIpc) is 2.41. The topological polar surface area (TPSA) is 29.3 Å². The Balaban J connectivity index is 2.46. The third-order valence-corrected chi connectivity index (χ3v) is 3.34. The van der Waals surface area contributed by atoms with Crippen LogP contribution in [-0.4, -0.2) is 30.1 Å². The summed E-state index contributed by atoms with van der Waals surface area (Å²) in [5.74, 6) is 0. The second-order valence-corrected chi connectivity index (χ2v) is 4.77. The predicted octanol–water partition coefficient (Wildman–Crippen LogP) is 2.38. The van der Waals surface area contributed by atoms with Crippen molar-refractivity contribution in [3.63, 3.8) is 0 Å². The molecule has 2 nitrogen and oxygen atoms in total. The van der Waals surface area contributed by atoms with Crippen LogP contribution < -0.4 is 5.73 Å². The van der Waals surface area contributed by atoms with Gasteiger partial charge in [0, 0.05) is 25.2 Å². The highest BCUT2D eigenvalue weighted by atomic mass is 15.2. The summed E-state index contributed by atoms with van der Waals surface area (Å²) in [4.78, 5) is 2.60. The first-order valence-corrected chi connectivity index (χ1v) is 6.21. The molecular formula is C12H26N2. The van der Waals surface area contributed by atoms with Crippen LogP contribution in [0.2, 0.25) is 0 Å². The smallest absolute Gasteiger partial charge is 0.0110 e. The van der Waals surface area contributed by atoms with E-state index in [1.165, 1.54) is 38.5 Å². The SMILES string of the molecule is CC(C)N(CCN)C1CCCCCC1. The number of hydrogen-bond acceptors (Lipinski definition) is 2. The van der Waals surface area contributed by atoms with E-state index in [4.69, 9.17) is 5.73 Å². The van der Waals surface area contributed by atoms with Crippen molar-refractivity contribution in [2.24, 2.45) is 5.73 Å². The van der Waals surface area contributed by atoms with Gasteiger partial charge >= 0.3 is 0 Å². The minimum Gasteiger partial charge on any atom is -0.329 e. The first-order chi connectivity index (χ1) is 6.75. The Morgan fingerprint density at radius 3 is 2.14 bits per heavy atom. The van der Waals surface area contributed by atoms with Crippen LogP contribution in [0.15, 0.2) is 0 Å². The van der Waals surface area contributed by atoms with Crippen molar-refractivity contribution < 1.29 is 0 Å². The van der Waals surface area contributed by atoms with Crippen molar-refractivity contribution in [1.29, 1.82) is 0 Å². The van der Waals surface area contributed by atoms with E-state index in [2.05, 4.69) is 18.7 Å². The van der Waals surface area contributed by atoms with Crippen molar-refractivity contribution in [2.45, 2.75) is 64.5 Å². The lowest BCUT2D eigenvalue weighted by atomic mass is 10.1. The fourth-order valence-corrected chi connectivity index (χ4v) is 2.60. The third kappa shape index (κ3) is 3.58. The molecule has 0 aliphatic heterocycles. The van der Waals surface area contributed by atoms with Gasteiger partial charge in [0.1, 0.15) is 0 Å². The zero-order valence-corrected chi connectivity index (χ0v) is 9.84. The van der Waals surface area contributed by atoms with Gasteiger partial charge in [0.25, 0.3) is 0 Å². The molecule has 0 heterocycles. The Bertz CT molecular complexity index is 137. The highest BCUT2D eigenvalue weighted by molar-refractivity contribution is 4.77. The van der Waals surface area contributed by atoms with E-state index in [-0.39, 0.29) is 0 Å². The van der Waals surface area contributed by atoms with Crippen molar-refractivity contribution in [3.8, 4) is 0 Å². The van der Waals surface area contributed by atoms with Crippen molar-refractivity contribution in [2.75, 3.05) is 13.1 Å². The van der Waals surface area contributed by atoms with Crippen molar-refractivity contribution >= 4 is 0 Å². The summed E-state index contributed by atoms with van der Waals surface area (Å²) in [5.41, 5.74) is 5.67. The number of nitrogens with zero attached hydrogens (tertiary/aromatic N) is 1. The van der Waals surface area contributed by atoms with Gasteiger partial charge in [-0.3, -0.25) is 4.90 Å². The summed E-state index contributed by atoms with van der Waals surface area (Å²) in [6, 6.07) is 1.46. The maximum Gasteiger partial charge on any atom is 0.0110 e. The molecular weight excluding hydrogens is 172 g/mol. The van der Waals surface area contributed by atoms with Crippen LogP contribution >= 0.6 is 0 Å². The quantitative estimate of drug-likeness (QED) is 0.703. The lowest BCUT2D eigenvalue weighted by Crippen LogP contribution is -2.43. The van der Waals surface area contributed by atoms with E-state index in [9.17, 15) is 0 Å². The fourth-order valence-electron chi connectivity index (χ4n) is 2.60. The van der Waals surface area contributed by atoms with Crippen molar-refractivity contribution in [3.05, 3.63) is 0 Å². The van der Waals surface area contributed by atoms with E-state index >= 15 is 0 Å². The molecule has 0 aromatic heterocycles. The van der Waals surface area contributed by atoms with Crippen LogP contribution in [0.25, 0.3) is 0 Å². The molecule has 2 N–H and O–H groups in total. The van der Waals surface area contributed by atoms with E-state index in [1.54, 1.807) is 0 Å². The maximum absolute atomic E-state index is 5.67. The zero-order chi connectivity index (χ0) is 10.4. The minimum absolute atomic E-state index is 0.654. The largest absolute Gasteiger partial charge is 0.329 e. The van der Waals surface area contributed by atoms with Gasteiger partial charge in [0.2, 0.25) is 0 Å². The van der Waals surface area contributed by atoms with Gasteiger partial charge in [-0.15, -0.1) is 0 Å². The molecule has 0 radical (unpaired) electrons. The summed E-state index contributed by atoms with van der Waals surface area (Å²) >= 11 is 0. The molecule has 0 bridgehead atoms. The molecule has 84 valence electrons. The Kier molecular flexibility index (Phi) is 5.49. The average molecular weight is 198 g/mol. The van der Waals surface area contributed by atoms with E-state index in [0.717, 1.165) is 19.1 Å². The molecule has 1 fully saturated rings. The van der Waals surface area contributed by atoms with E-state index in [0.29, 0.717) is 6.04 Å². The number of nitrogens with two attached hydrogens (primary N) is 1. The van der Waals surface area contributed by atoms with Gasteiger partial charge in [-0.25, -0.2) is 0 Å². The molecule has 1 rings (SSSR count). The Labute approximate surface area is 88.8 Å². The van der Waals surface area contributed by atoms with Crippen molar-refractivity contribution in [1.82, 2.24) is 4.90 Å². The van der Waals surface area contributed by atoms with Gasteiger partial charge < -0.3 is 5.73 Å². The molecule has 0 saturated heterocycles. The molecule has 0 amide bonds. The second kappa shape index (κ2) is 6.41. The highest BCUT2D eigenvalue weighted by Gasteiger charge is 2.21. The Morgan fingerprint density at radius 1 is 1.14 bits per heavy atom. The lowest BCUT2D eigenvalue weighted by molar-refractivity contribution is 0.143.